The lowest BCUT2D eigenvalue weighted by Gasteiger charge is -2.44. The van der Waals surface area contributed by atoms with Gasteiger partial charge < -0.3 is 64.2 Å². The van der Waals surface area contributed by atoms with Crippen LogP contribution in [-0.4, -0.2) is 129 Å². The van der Waals surface area contributed by atoms with Gasteiger partial charge in [-0.3, -0.25) is 0 Å². The molecule has 36 heavy (non-hydrogen) atoms. The molecule has 0 aromatic carbocycles. The van der Waals surface area contributed by atoms with E-state index >= 15 is 0 Å². The minimum Gasteiger partial charge on any atom is -0.471 e. The van der Waals surface area contributed by atoms with Crippen molar-refractivity contribution in [1.29, 1.82) is 0 Å². The summed E-state index contributed by atoms with van der Waals surface area (Å²) in [6, 6.07) is 0. The Kier molecular flexibility index (Phi) is 8.63. The minimum atomic E-state index is -1.71. The highest BCUT2D eigenvalue weighted by atomic mass is 16.8. The summed E-state index contributed by atoms with van der Waals surface area (Å²) >= 11 is 0. The summed E-state index contributed by atoms with van der Waals surface area (Å²) in [5.41, 5.74) is 0.331. The Morgan fingerprint density at radius 2 is 1.56 bits per heavy atom. The van der Waals surface area contributed by atoms with Gasteiger partial charge in [0.1, 0.15) is 48.8 Å². The number of carbonyl (C=O) groups excluding carboxylic acids is 1. The Hall–Kier alpha value is -1.69. The number of fused-ring (bicyclic) bond motifs is 1. The van der Waals surface area contributed by atoms with Crippen molar-refractivity contribution in [2.75, 3.05) is 19.8 Å². The van der Waals surface area contributed by atoms with Crippen LogP contribution in [0.15, 0.2) is 24.5 Å². The zero-order valence-electron chi connectivity index (χ0n) is 19.2. The number of aliphatic hydroxyl groups excluding tert-OH is 7. The molecule has 4 aliphatic rings. The Balaban J connectivity index is 1.42. The van der Waals surface area contributed by atoms with Crippen molar-refractivity contribution >= 4 is 5.97 Å². The van der Waals surface area contributed by atoms with Crippen LogP contribution in [0.5, 0.6) is 0 Å². The number of hydrogen-bond acceptors (Lipinski definition) is 14. The molecule has 0 radical (unpaired) electrons. The second kappa shape index (κ2) is 11.4. The van der Waals surface area contributed by atoms with Crippen LogP contribution in [0.4, 0.5) is 0 Å². The van der Waals surface area contributed by atoms with E-state index in [1.807, 2.05) is 0 Å². The van der Waals surface area contributed by atoms with Gasteiger partial charge in [0.25, 0.3) is 0 Å². The van der Waals surface area contributed by atoms with E-state index in [0.29, 0.717) is 12.0 Å². The first-order valence-electron chi connectivity index (χ1n) is 11.6. The lowest BCUT2D eigenvalue weighted by Crippen LogP contribution is -2.62. The molecule has 3 saturated heterocycles. The van der Waals surface area contributed by atoms with Gasteiger partial charge in [-0.2, -0.15) is 0 Å². The molecule has 4 aliphatic heterocycles. The normalized spacial score (nSPS) is 47.2. The molecule has 0 amide bonds. The van der Waals surface area contributed by atoms with Crippen LogP contribution in [0.25, 0.3) is 0 Å². The molecule has 14 nitrogen and oxygen atoms in total. The number of cyclic esters (lactones) is 1. The largest absolute Gasteiger partial charge is 0.471 e. The van der Waals surface area contributed by atoms with Crippen LogP contribution in [-0.2, 0) is 33.2 Å². The van der Waals surface area contributed by atoms with Crippen molar-refractivity contribution in [3.05, 3.63) is 24.5 Å². The third-order valence-electron chi connectivity index (χ3n) is 6.89. The molecule has 0 spiro atoms. The molecule has 0 aromatic heterocycles. The summed E-state index contributed by atoms with van der Waals surface area (Å²) in [4.78, 5) is 12.0. The molecule has 7 N–H and O–H groups in total. The Morgan fingerprint density at radius 1 is 0.917 bits per heavy atom. The number of aliphatic hydroxyl groups is 7. The molecule has 1 unspecified atom stereocenters. The monoisotopic (exact) mass is 520 g/mol. The lowest BCUT2D eigenvalue weighted by atomic mass is 9.81. The molecule has 0 aliphatic carbocycles. The van der Waals surface area contributed by atoms with Crippen LogP contribution in [0.3, 0.4) is 0 Å². The van der Waals surface area contributed by atoms with E-state index in [1.54, 1.807) is 6.08 Å². The van der Waals surface area contributed by atoms with E-state index in [2.05, 4.69) is 6.58 Å². The second-order valence-corrected chi connectivity index (χ2v) is 9.10. The fourth-order valence-corrected chi connectivity index (χ4v) is 4.72. The predicted molar refractivity (Wildman–Crippen MR) is 113 cm³/mol. The number of esters is 1. The van der Waals surface area contributed by atoms with Crippen molar-refractivity contribution < 1.29 is 69.0 Å². The molecule has 3 fully saturated rings. The molecular formula is C22H32O14. The zero-order chi connectivity index (χ0) is 26.1. The number of carbonyl (C=O) groups is 1. The third-order valence-corrected chi connectivity index (χ3v) is 6.89. The predicted octanol–water partition coefficient (Wildman–Crippen LogP) is -3.77. The van der Waals surface area contributed by atoms with Crippen LogP contribution in [0, 0.1) is 11.8 Å². The number of hydrogen-bond donors (Lipinski definition) is 7. The fourth-order valence-electron chi connectivity index (χ4n) is 4.72. The van der Waals surface area contributed by atoms with E-state index in [0.717, 1.165) is 0 Å². The SMILES string of the molecule is C=CC1[C@H](O[C@@H]2O[C@H](CO[C@@H]3O[C@H](CO)[C@@H](O)[C@H](O)[C@H]3O)[C@@H](O)[C@H](O)[C@H]2O)OC=C2C(=O)OCC[C@H]21. The van der Waals surface area contributed by atoms with Gasteiger partial charge in [-0.1, -0.05) is 6.08 Å². The minimum absolute atomic E-state index is 0.211. The summed E-state index contributed by atoms with van der Waals surface area (Å²) in [6.07, 6.45) is -13.2. The van der Waals surface area contributed by atoms with Crippen LogP contribution < -0.4 is 0 Å². The topological polar surface area (TPSA) is 214 Å². The maximum absolute atomic E-state index is 12.0. The van der Waals surface area contributed by atoms with Crippen molar-refractivity contribution in [2.45, 2.75) is 74.1 Å². The lowest BCUT2D eigenvalue weighted by molar-refractivity contribution is -0.352. The summed E-state index contributed by atoms with van der Waals surface area (Å²) in [5, 5.41) is 70.4. The standard InChI is InChI=1S/C22H32O14/c1-2-8-9-3-4-31-19(30)10(9)6-32-20(8)36-22-18(29)16(27)14(25)12(35-22)7-33-21-17(28)15(26)13(24)11(5-23)34-21/h2,6,8-9,11-18,20-29H,1,3-5,7H2/t8?,9-,11+,12+,13+,14+,15-,16-,17+,18+,20-,21+,22-/m0/s1. The van der Waals surface area contributed by atoms with E-state index in [-0.39, 0.29) is 12.5 Å². The molecule has 14 heteroatoms. The van der Waals surface area contributed by atoms with Gasteiger partial charge in [0.05, 0.1) is 31.7 Å². The summed E-state index contributed by atoms with van der Waals surface area (Å²) in [5.74, 6) is -1.32. The third kappa shape index (κ3) is 5.16. The van der Waals surface area contributed by atoms with Gasteiger partial charge in [-0.05, 0) is 6.42 Å². The van der Waals surface area contributed by atoms with Gasteiger partial charge in [0.15, 0.2) is 12.6 Å². The van der Waals surface area contributed by atoms with Crippen molar-refractivity contribution in [3.63, 3.8) is 0 Å². The van der Waals surface area contributed by atoms with Gasteiger partial charge in [-0.25, -0.2) is 4.79 Å². The van der Waals surface area contributed by atoms with E-state index < -0.39 is 92.8 Å². The average Bonchev–Trinajstić information content (AvgIpc) is 2.87. The molecule has 204 valence electrons. The number of rotatable bonds is 7. The first-order valence-corrected chi connectivity index (χ1v) is 11.6. The number of ether oxygens (including phenoxy) is 6. The highest BCUT2D eigenvalue weighted by Crippen LogP contribution is 2.38. The Morgan fingerprint density at radius 3 is 2.22 bits per heavy atom. The van der Waals surface area contributed by atoms with Gasteiger partial charge in [-0.15, -0.1) is 6.58 Å². The molecule has 0 bridgehead atoms. The second-order valence-electron chi connectivity index (χ2n) is 9.10. The van der Waals surface area contributed by atoms with Crippen LogP contribution in [0.1, 0.15) is 6.42 Å². The maximum Gasteiger partial charge on any atom is 0.337 e. The molecule has 4 heterocycles. The highest BCUT2D eigenvalue weighted by Gasteiger charge is 2.49. The molecule has 13 atom stereocenters. The van der Waals surface area contributed by atoms with Crippen LogP contribution >= 0.6 is 0 Å². The zero-order valence-corrected chi connectivity index (χ0v) is 19.2. The summed E-state index contributed by atoms with van der Waals surface area (Å²) in [6.45, 7) is 2.83. The van der Waals surface area contributed by atoms with E-state index in [4.69, 9.17) is 28.4 Å². The van der Waals surface area contributed by atoms with Crippen molar-refractivity contribution in [3.8, 4) is 0 Å². The smallest absolute Gasteiger partial charge is 0.337 e. The van der Waals surface area contributed by atoms with E-state index in [1.165, 1.54) is 6.26 Å². The fraction of sp³-hybridized carbons (Fsp3) is 0.773. The Labute approximate surface area is 205 Å². The molecule has 4 rings (SSSR count). The van der Waals surface area contributed by atoms with Crippen LogP contribution in [0.2, 0.25) is 0 Å². The molecule has 0 aromatic rings. The van der Waals surface area contributed by atoms with Gasteiger partial charge in [0, 0.05) is 11.8 Å². The average molecular weight is 520 g/mol. The first-order chi connectivity index (χ1) is 17.2. The van der Waals surface area contributed by atoms with Gasteiger partial charge >= 0.3 is 5.97 Å². The molecular weight excluding hydrogens is 488 g/mol. The maximum atomic E-state index is 12.0. The quantitative estimate of drug-likeness (QED) is 0.127. The highest BCUT2D eigenvalue weighted by molar-refractivity contribution is 5.89. The first kappa shape index (κ1) is 27.3. The summed E-state index contributed by atoms with van der Waals surface area (Å²) < 4.78 is 32.6. The van der Waals surface area contributed by atoms with Crippen molar-refractivity contribution in [2.24, 2.45) is 11.8 Å². The molecule has 0 saturated carbocycles. The summed E-state index contributed by atoms with van der Waals surface area (Å²) in [7, 11) is 0. The van der Waals surface area contributed by atoms with E-state index in [9.17, 15) is 40.5 Å². The Bertz CT molecular complexity index is 819. The van der Waals surface area contributed by atoms with Gasteiger partial charge in [0.2, 0.25) is 6.29 Å². The van der Waals surface area contributed by atoms with Crippen molar-refractivity contribution in [1.82, 2.24) is 0 Å².